The van der Waals surface area contributed by atoms with Crippen LogP contribution in [0, 0.1) is 0 Å². The van der Waals surface area contributed by atoms with E-state index in [1.54, 1.807) is 11.3 Å². The van der Waals surface area contributed by atoms with Crippen molar-refractivity contribution in [3.05, 3.63) is 93.7 Å². The third-order valence-corrected chi connectivity index (χ3v) is 6.14. The first-order valence-corrected chi connectivity index (χ1v) is 10.9. The average Bonchev–Trinajstić information content (AvgIpc) is 3.27. The summed E-state index contributed by atoms with van der Waals surface area (Å²) < 4.78 is 0. The zero-order valence-electron chi connectivity index (χ0n) is 16.6. The normalized spacial score (nSPS) is 12.7. The van der Waals surface area contributed by atoms with E-state index in [9.17, 15) is 9.59 Å². The zero-order chi connectivity index (χ0) is 20.8. The number of carbonyl (C=O) groups excluding carboxylic acids is 2. The fraction of sp³-hybridized carbons (Fsp3) is 0.208. The lowest BCUT2D eigenvalue weighted by Gasteiger charge is -2.27. The quantitative estimate of drug-likeness (QED) is 0.487. The van der Waals surface area contributed by atoms with E-state index in [-0.39, 0.29) is 24.7 Å². The summed E-state index contributed by atoms with van der Waals surface area (Å²) in [5.41, 5.74) is 6.38. The van der Waals surface area contributed by atoms with Gasteiger partial charge in [-0.2, -0.15) is 5.10 Å². The van der Waals surface area contributed by atoms with Crippen molar-refractivity contribution in [3.8, 4) is 0 Å². The monoisotopic (exact) mass is 417 g/mol. The van der Waals surface area contributed by atoms with Crippen molar-refractivity contribution in [2.24, 2.45) is 5.10 Å². The fourth-order valence-corrected chi connectivity index (χ4v) is 4.39. The number of hydrogen-bond donors (Lipinski definition) is 1. The minimum Gasteiger partial charge on any atom is -0.338 e. The second-order valence-corrected chi connectivity index (χ2v) is 8.16. The summed E-state index contributed by atoms with van der Waals surface area (Å²) in [6.45, 7) is 1.36. The summed E-state index contributed by atoms with van der Waals surface area (Å²) in [4.78, 5) is 28.1. The van der Waals surface area contributed by atoms with Gasteiger partial charge in [0.2, 0.25) is 11.8 Å². The molecule has 1 N–H and O–H groups in total. The van der Waals surface area contributed by atoms with E-state index >= 15 is 0 Å². The van der Waals surface area contributed by atoms with Crippen LogP contribution < -0.4 is 5.43 Å². The third kappa shape index (κ3) is 4.83. The van der Waals surface area contributed by atoms with Gasteiger partial charge >= 0.3 is 0 Å². The van der Waals surface area contributed by atoms with Gasteiger partial charge < -0.3 is 4.90 Å². The third-order valence-electron chi connectivity index (χ3n) is 5.11. The molecule has 152 valence electrons. The van der Waals surface area contributed by atoms with Gasteiger partial charge in [0.15, 0.2) is 0 Å². The Labute approximate surface area is 180 Å². The van der Waals surface area contributed by atoms with Crippen LogP contribution in [-0.4, -0.2) is 29.0 Å². The number of hydrazone groups is 1. The molecule has 30 heavy (non-hydrogen) atoms. The first-order valence-electron chi connectivity index (χ1n) is 10.0. The first-order chi connectivity index (χ1) is 14.7. The molecule has 2 aromatic carbocycles. The SMILES string of the molecule is O=C(CCC(=O)N1CCc2sccc2C1)NN=C(c1ccccc1)c1ccccc1. The summed E-state index contributed by atoms with van der Waals surface area (Å²) in [6.07, 6.45) is 1.20. The van der Waals surface area contributed by atoms with Crippen LogP contribution in [0.3, 0.4) is 0 Å². The Balaban J connectivity index is 1.36. The van der Waals surface area contributed by atoms with E-state index in [0.717, 1.165) is 24.1 Å². The molecule has 0 saturated heterocycles. The summed E-state index contributed by atoms with van der Waals surface area (Å²) >= 11 is 1.75. The molecule has 0 fully saturated rings. The van der Waals surface area contributed by atoms with Gasteiger partial charge in [0.05, 0.1) is 5.71 Å². The van der Waals surface area contributed by atoms with Gasteiger partial charge in [-0.15, -0.1) is 11.3 Å². The van der Waals surface area contributed by atoms with Crippen molar-refractivity contribution in [3.63, 3.8) is 0 Å². The highest BCUT2D eigenvalue weighted by Gasteiger charge is 2.21. The highest BCUT2D eigenvalue weighted by molar-refractivity contribution is 7.10. The molecule has 0 radical (unpaired) electrons. The topological polar surface area (TPSA) is 61.8 Å². The van der Waals surface area contributed by atoms with Gasteiger partial charge in [0, 0.05) is 41.9 Å². The number of fused-ring (bicyclic) bond motifs is 1. The molecule has 0 bridgehead atoms. The second-order valence-electron chi connectivity index (χ2n) is 7.16. The molecule has 0 spiro atoms. The fourth-order valence-electron chi connectivity index (χ4n) is 3.50. The van der Waals surface area contributed by atoms with Gasteiger partial charge in [-0.25, -0.2) is 5.43 Å². The molecular formula is C24H23N3O2S. The van der Waals surface area contributed by atoms with Crippen LogP contribution in [0.15, 0.2) is 77.2 Å². The van der Waals surface area contributed by atoms with Gasteiger partial charge in [0.25, 0.3) is 0 Å². The Bertz CT molecular complexity index is 1000. The molecule has 5 nitrogen and oxygen atoms in total. The molecule has 2 amide bonds. The standard InChI is InChI=1S/C24H23N3O2S/c28-22(11-12-23(29)27-15-13-21-20(17-27)14-16-30-21)25-26-24(18-7-3-1-4-8-18)19-9-5-2-6-10-19/h1-10,14,16H,11-13,15,17H2,(H,25,28). The van der Waals surface area contributed by atoms with E-state index in [2.05, 4.69) is 22.0 Å². The maximum Gasteiger partial charge on any atom is 0.240 e. The van der Waals surface area contributed by atoms with Crippen LogP contribution in [0.25, 0.3) is 0 Å². The van der Waals surface area contributed by atoms with Crippen LogP contribution >= 0.6 is 11.3 Å². The van der Waals surface area contributed by atoms with Crippen molar-refractivity contribution in [2.45, 2.75) is 25.8 Å². The maximum absolute atomic E-state index is 12.5. The van der Waals surface area contributed by atoms with Gasteiger partial charge in [-0.05, 0) is 23.4 Å². The molecule has 1 aromatic heterocycles. The van der Waals surface area contributed by atoms with Gasteiger partial charge in [-0.1, -0.05) is 60.7 Å². The predicted molar refractivity (Wildman–Crippen MR) is 119 cm³/mol. The van der Waals surface area contributed by atoms with Crippen LogP contribution in [0.2, 0.25) is 0 Å². The van der Waals surface area contributed by atoms with Crippen molar-refractivity contribution in [1.29, 1.82) is 0 Å². The molecule has 2 heterocycles. The lowest BCUT2D eigenvalue weighted by atomic mass is 10.0. The summed E-state index contributed by atoms with van der Waals surface area (Å²) in [6, 6.07) is 21.5. The second kappa shape index (κ2) is 9.50. The van der Waals surface area contributed by atoms with E-state index in [1.165, 1.54) is 10.4 Å². The smallest absolute Gasteiger partial charge is 0.240 e. The molecule has 6 heteroatoms. The summed E-state index contributed by atoms with van der Waals surface area (Å²) in [5.74, 6) is -0.252. The number of hydrogen-bond acceptors (Lipinski definition) is 4. The Morgan fingerprint density at radius 3 is 2.27 bits per heavy atom. The largest absolute Gasteiger partial charge is 0.338 e. The molecule has 1 aliphatic rings. The van der Waals surface area contributed by atoms with Crippen LogP contribution in [-0.2, 0) is 22.6 Å². The number of carbonyl (C=O) groups is 2. The Kier molecular flexibility index (Phi) is 6.35. The van der Waals surface area contributed by atoms with Crippen LogP contribution in [0.4, 0.5) is 0 Å². The molecule has 0 saturated carbocycles. The van der Waals surface area contributed by atoms with Crippen molar-refractivity contribution in [1.82, 2.24) is 10.3 Å². The Morgan fingerprint density at radius 1 is 0.933 bits per heavy atom. The highest BCUT2D eigenvalue weighted by atomic mass is 32.1. The van der Waals surface area contributed by atoms with E-state index < -0.39 is 0 Å². The number of amides is 2. The molecule has 3 aromatic rings. The van der Waals surface area contributed by atoms with Gasteiger partial charge in [0.1, 0.15) is 0 Å². The number of nitrogens with zero attached hydrogens (tertiary/aromatic N) is 2. The van der Waals surface area contributed by atoms with Crippen molar-refractivity contribution in [2.75, 3.05) is 6.54 Å². The lowest BCUT2D eigenvalue weighted by molar-refractivity contribution is -0.134. The van der Waals surface area contributed by atoms with E-state index in [1.807, 2.05) is 65.6 Å². The zero-order valence-corrected chi connectivity index (χ0v) is 17.4. The number of benzene rings is 2. The minimum absolute atomic E-state index is 0.0114. The van der Waals surface area contributed by atoms with E-state index in [4.69, 9.17) is 0 Å². The first kappa shape index (κ1) is 20.0. The summed E-state index contributed by atoms with van der Waals surface area (Å²) in [7, 11) is 0. The van der Waals surface area contributed by atoms with Crippen LogP contribution in [0.5, 0.6) is 0 Å². The molecule has 1 aliphatic heterocycles. The van der Waals surface area contributed by atoms with Gasteiger partial charge in [-0.3, -0.25) is 9.59 Å². The number of nitrogens with one attached hydrogen (secondary N) is 1. The lowest BCUT2D eigenvalue weighted by Crippen LogP contribution is -2.36. The molecule has 4 rings (SSSR count). The molecule has 0 atom stereocenters. The van der Waals surface area contributed by atoms with Crippen LogP contribution in [0.1, 0.15) is 34.4 Å². The highest BCUT2D eigenvalue weighted by Crippen LogP contribution is 2.24. The average molecular weight is 418 g/mol. The maximum atomic E-state index is 12.5. The molecule has 0 aliphatic carbocycles. The Hall–Kier alpha value is -3.25. The van der Waals surface area contributed by atoms with Crippen molar-refractivity contribution >= 4 is 28.9 Å². The summed E-state index contributed by atoms with van der Waals surface area (Å²) in [5, 5.41) is 6.44. The Morgan fingerprint density at radius 2 is 1.60 bits per heavy atom. The molecule has 0 unspecified atom stereocenters. The minimum atomic E-state index is -0.263. The van der Waals surface area contributed by atoms with Crippen molar-refractivity contribution < 1.29 is 9.59 Å². The predicted octanol–water partition coefficient (Wildman–Crippen LogP) is 3.98. The number of rotatable bonds is 6. The van der Waals surface area contributed by atoms with E-state index in [0.29, 0.717) is 12.3 Å². The number of thiophene rings is 1. The molecular weight excluding hydrogens is 394 g/mol.